The summed E-state index contributed by atoms with van der Waals surface area (Å²) >= 11 is 0. The maximum atomic E-state index is 10.6. The van der Waals surface area contributed by atoms with Gasteiger partial charge in [-0.1, -0.05) is 19.1 Å². The van der Waals surface area contributed by atoms with Crippen LogP contribution >= 0.6 is 0 Å². The number of nitro groups is 1. The lowest BCUT2D eigenvalue weighted by molar-refractivity contribution is -0.384. The molecule has 0 aliphatic heterocycles. The van der Waals surface area contributed by atoms with Gasteiger partial charge in [0.15, 0.2) is 0 Å². The summed E-state index contributed by atoms with van der Waals surface area (Å²) in [6.45, 7) is 2.42. The van der Waals surface area contributed by atoms with E-state index < -0.39 is 10.9 Å². The molecule has 0 radical (unpaired) electrons. The van der Waals surface area contributed by atoms with Crippen molar-refractivity contribution in [2.75, 3.05) is 0 Å². The molecule has 0 aliphatic rings. The number of carboxylic acid groups (broad SMARTS) is 1. The summed E-state index contributed by atoms with van der Waals surface area (Å²) in [5.74, 6) is -0.835. The molecule has 1 aromatic carbocycles. The average molecular weight is 252 g/mol. The maximum absolute atomic E-state index is 10.6. The average Bonchev–Trinajstić information content (AvgIpc) is 2.34. The van der Waals surface area contributed by atoms with Gasteiger partial charge in [0.05, 0.1) is 11.3 Å². The minimum Gasteiger partial charge on any atom is -0.481 e. The summed E-state index contributed by atoms with van der Waals surface area (Å²) in [5.41, 5.74) is 0.945. The summed E-state index contributed by atoms with van der Waals surface area (Å²) < 4.78 is 0. The minimum absolute atomic E-state index is 0.0522. The first-order valence-electron chi connectivity index (χ1n) is 5.71. The van der Waals surface area contributed by atoms with Crippen molar-refractivity contribution >= 4 is 11.7 Å². The first-order valence-corrected chi connectivity index (χ1v) is 5.71. The van der Waals surface area contributed by atoms with E-state index in [-0.39, 0.29) is 18.2 Å². The molecule has 98 valence electrons. The minimum atomic E-state index is -0.835. The van der Waals surface area contributed by atoms with E-state index >= 15 is 0 Å². The third-order valence-corrected chi connectivity index (χ3v) is 2.66. The summed E-state index contributed by atoms with van der Waals surface area (Å²) in [6, 6.07) is 6.12. The SMILES string of the molecule is CC[C@H](CC(=O)O)NCc1ccc([N+](=O)[O-])cc1. The molecule has 1 rings (SSSR count). The summed E-state index contributed by atoms with van der Waals surface area (Å²) in [6.07, 6.45) is 0.794. The molecule has 0 aromatic heterocycles. The van der Waals surface area contributed by atoms with Gasteiger partial charge in [0, 0.05) is 24.7 Å². The van der Waals surface area contributed by atoms with E-state index in [1.54, 1.807) is 12.1 Å². The first-order chi connectivity index (χ1) is 8.52. The van der Waals surface area contributed by atoms with Gasteiger partial charge in [-0.25, -0.2) is 0 Å². The number of benzene rings is 1. The van der Waals surface area contributed by atoms with Crippen LogP contribution in [-0.2, 0) is 11.3 Å². The Morgan fingerprint density at radius 1 is 1.44 bits per heavy atom. The molecule has 18 heavy (non-hydrogen) atoms. The molecule has 0 bridgehead atoms. The van der Waals surface area contributed by atoms with E-state index in [4.69, 9.17) is 5.11 Å². The number of nitrogens with one attached hydrogen (secondary N) is 1. The summed E-state index contributed by atoms with van der Waals surface area (Å²) in [4.78, 5) is 20.6. The highest BCUT2D eigenvalue weighted by molar-refractivity contribution is 5.67. The largest absolute Gasteiger partial charge is 0.481 e. The van der Waals surface area contributed by atoms with E-state index in [0.717, 1.165) is 12.0 Å². The molecular weight excluding hydrogens is 236 g/mol. The maximum Gasteiger partial charge on any atom is 0.304 e. The van der Waals surface area contributed by atoms with Crippen LogP contribution in [0.1, 0.15) is 25.3 Å². The molecule has 0 saturated carbocycles. The van der Waals surface area contributed by atoms with E-state index in [1.807, 2.05) is 6.92 Å². The molecule has 2 N–H and O–H groups in total. The van der Waals surface area contributed by atoms with Crippen LogP contribution in [0.15, 0.2) is 24.3 Å². The molecule has 1 aromatic rings. The van der Waals surface area contributed by atoms with Crippen LogP contribution in [0.4, 0.5) is 5.69 Å². The van der Waals surface area contributed by atoms with Crippen molar-refractivity contribution in [3.05, 3.63) is 39.9 Å². The van der Waals surface area contributed by atoms with Gasteiger partial charge in [-0.15, -0.1) is 0 Å². The van der Waals surface area contributed by atoms with E-state index in [1.165, 1.54) is 12.1 Å². The molecule has 6 heteroatoms. The Morgan fingerprint density at radius 2 is 2.06 bits per heavy atom. The summed E-state index contributed by atoms with van der Waals surface area (Å²) in [5, 5.41) is 22.3. The zero-order valence-corrected chi connectivity index (χ0v) is 10.1. The Kier molecular flexibility index (Phi) is 5.26. The molecule has 0 aliphatic carbocycles. The van der Waals surface area contributed by atoms with E-state index in [2.05, 4.69) is 5.32 Å². The molecule has 1 atom stereocenters. The lowest BCUT2D eigenvalue weighted by Crippen LogP contribution is -2.30. The predicted molar refractivity (Wildman–Crippen MR) is 66.3 cm³/mol. The van der Waals surface area contributed by atoms with Gasteiger partial charge in [0.25, 0.3) is 5.69 Å². The van der Waals surface area contributed by atoms with E-state index in [9.17, 15) is 14.9 Å². The number of aliphatic carboxylic acids is 1. The van der Waals surface area contributed by atoms with Crippen molar-refractivity contribution in [2.45, 2.75) is 32.4 Å². The number of carbonyl (C=O) groups is 1. The van der Waals surface area contributed by atoms with E-state index in [0.29, 0.717) is 6.54 Å². The zero-order valence-electron chi connectivity index (χ0n) is 10.1. The van der Waals surface area contributed by atoms with Crippen LogP contribution in [-0.4, -0.2) is 22.0 Å². The van der Waals surface area contributed by atoms with Gasteiger partial charge in [-0.05, 0) is 12.0 Å². The van der Waals surface area contributed by atoms with Crippen LogP contribution < -0.4 is 5.32 Å². The van der Waals surface area contributed by atoms with Crippen molar-refractivity contribution < 1.29 is 14.8 Å². The molecule has 6 nitrogen and oxygen atoms in total. The summed E-state index contributed by atoms with van der Waals surface area (Å²) in [7, 11) is 0. The first kappa shape index (κ1) is 14.1. The molecule has 0 fully saturated rings. The van der Waals surface area contributed by atoms with Crippen LogP contribution in [0.2, 0.25) is 0 Å². The predicted octanol–water partition coefficient (Wildman–Crippen LogP) is 1.94. The highest BCUT2D eigenvalue weighted by Crippen LogP contribution is 2.12. The highest BCUT2D eigenvalue weighted by atomic mass is 16.6. The second-order valence-electron chi connectivity index (χ2n) is 4.01. The van der Waals surface area contributed by atoms with Crippen LogP contribution in [0.5, 0.6) is 0 Å². The van der Waals surface area contributed by atoms with Crippen LogP contribution in [0.25, 0.3) is 0 Å². The lowest BCUT2D eigenvalue weighted by atomic mass is 10.1. The monoisotopic (exact) mass is 252 g/mol. The number of nitro benzene ring substituents is 1. The molecular formula is C12H16N2O4. The standard InChI is InChI=1S/C12H16N2O4/c1-2-10(7-12(15)16)13-8-9-3-5-11(6-4-9)14(17)18/h3-6,10,13H,2,7-8H2,1H3,(H,15,16)/t10-/m1/s1. The number of nitrogens with zero attached hydrogens (tertiary/aromatic N) is 1. The van der Waals surface area contributed by atoms with Crippen LogP contribution in [0, 0.1) is 10.1 Å². The Bertz CT molecular complexity index is 417. The second kappa shape index (κ2) is 6.70. The van der Waals surface area contributed by atoms with Gasteiger partial charge in [-0.2, -0.15) is 0 Å². The fourth-order valence-electron chi connectivity index (χ4n) is 1.57. The topological polar surface area (TPSA) is 92.5 Å². The van der Waals surface area contributed by atoms with Crippen molar-refractivity contribution in [1.29, 1.82) is 0 Å². The second-order valence-corrected chi connectivity index (χ2v) is 4.01. The van der Waals surface area contributed by atoms with Gasteiger partial charge >= 0.3 is 5.97 Å². The van der Waals surface area contributed by atoms with Gasteiger partial charge in [0.1, 0.15) is 0 Å². The third kappa shape index (κ3) is 4.50. The highest BCUT2D eigenvalue weighted by Gasteiger charge is 2.10. The lowest BCUT2D eigenvalue weighted by Gasteiger charge is -2.14. The van der Waals surface area contributed by atoms with Gasteiger partial charge in [-0.3, -0.25) is 14.9 Å². The zero-order chi connectivity index (χ0) is 13.5. The molecule has 0 spiro atoms. The van der Waals surface area contributed by atoms with Crippen molar-refractivity contribution in [2.24, 2.45) is 0 Å². The third-order valence-electron chi connectivity index (χ3n) is 2.66. The quantitative estimate of drug-likeness (QED) is 0.571. The molecule has 0 saturated heterocycles. The smallest absolute Gasteiger partial charge is 0.304 e. The number of hydrogen-bond acceptors (Lipinski definition) is 4. The number of carboxylic acids is 1. The number of hydrogen-bond donors (Lipinski definition) is 2. The van der Waals surface area contributed by atoms with Crippen molar-refractivity contribution in [3.8, 4) is 0 Å². The Balaban J connectivity index is 2.52. The molecule has 0 unspecified atom stereocenters. The molecule has 0 heterocycles. The normalized spacial score (nSPS) is 12.1. The van der Waals surface area contributed by atoms with Gasteiger partial charge in [0.2, 0.25) is 0 Å². The van der Waals surface area contributed by atoms with Gasteiger partial charge < -0.3 is 10.4 Å². The Morgan fingerprint density at radius 3 is 2.50 bits per heavy atom. The Hall–Kier alpha value is -1.95. The number of non-ortho nitro benzene ring substituents is 1. The fourth-order valence-corrected chi connectivity index (χ4v) is 1.57. The fraction of sp³-hybridized carbons (Fsp3) is 0.417. The van der Waals surface area contributed by atoms with Crippen LogP contribution in [0.3, 0.4) is 0 Å². The van der Waals surface area contributed by atoms with Crippen molar-refractivity contribution in [3.63, 3.8) is 0 Å². The van der Waals surface area contributed by atoms with Crippen molar-refractivity contribution in [1.82, 2.24) is 5.32 Å². The molecule has 0 amide bonds. The number of rotatable bonds is 7. The Labute approximate surface area is 105 Å².